The summed E-state index contributed by atoms with van der Waals surface area (Å²) in [6.07, 6.45) is 5.79. The van der Waals surface area contributed by atoms with E-state index in [1.807, 2.05) is 60.9 Å². The molecule has 0 aliphatic rings. The molecule has 47 heavy (non-hydrogen) atoms. The molecule has 5 heterocycles. The molecule has 9 rings (SSSR count). The van der Waals surface area contributed by atoms with Crippen LogP contribution < -0.4 is 4.74 Å². The van der Waals surface area contributed by atoms with Gasteiger partial charge in [0, 0.05) is 51.8 Å². The van der Waals surface area contributed by atoms with Gasteiger partial charge >= 0.3 is 0 Å². The van der Waals surface area contributed by atoms with Gasteiger partial charge in [0.25, 0.3) is 0 Å². The lowest BCUT2D eigenvalue weighted by molar-refractivity contribution is 0.483. The SMILES string of the molecule is CC(C)(C)c1ccc2c3cccnc3n(-c3cccc(Oc4ccc5c(c4)c4nc(-c6ccccc6)cn4c4cccnc54)c3)c2c1. The van der Waals surface area contributed by atoms with Crippen LogP contribution >= 0.6 is 0 Å². The summed E-state index contributed by atoms with van der Waals surface area (Å²) < 4.78 is 11.0. The standard InChI is InChI=1S/C41H31N5O/c1-41(2,3)27-16-18-31-33-14-8-21-43-39(33)46(37(31)22-27)28-12-7-13-29(23-28)47-30-17-19-32-34(24-30)40-44-35(26-10-5-4-6-11-26)25-45(40)36-15-9-20-42-38(32)36/h4-25H,1-3H3. The molecule has 0 aliphatic carbocycles. The van der Waals surface area contributed by atoms with Crippen LogP contribution in [0.5, 0.6) is 11.5 Å². The highest BCUT2D eigenvalue weighted by Gasteiger charge is 2.19. The van der Waals surface area contributed by atoms with E-state index < -0.39 is 0 Å². The molecular formula is C41H31N5O. The molecule has 0 saturated heterocycles. The lowest BCUT2D eigenvalue weighted by atomic mass is 9.86. The number of imidazole rings is 1. The zero-order chi connectivity index (χ0) is 31.7. The average molecular weight is 610 g/mol. The minimum Gasteiger partial charge on any atom is -0.457 e. The van der Waals surface area contributed by atoms with Crippen LogP contribution in [0.4, 0.5) is 0 Å². The highest BCUT2D eigenvalue weighted by molar-refractivity contribution is 6.11. The Morgan fingerprint density at radius 1 is 0.596 bits per heavy atom. The van der Waals surface area contributed by atoms with Crippen LogP contribution in [-0.4, -0.2) is 23.9 Å². The van der Waals surface area contributed by atoms with Gasteiger partial charge in [0.05, 0.1) is 27.9 Å². The zero-order valence-electron chi connectivity index (χ0n) is 26.3. The predicted molar refractivity (Wildman–Crippen MR) is 191 cm³/mol. The number of benzene rings is 4. The van der Waals surface area contributed by atoms with E-state index in [0.717, 1.165) is 72.4 Å². The van der Waals surface area contributed by atoms with Crippen LogP contribution in [0.1, 0.15) is 26.3 Å². The Kier molecular flexibility index (Phi) is 5.96. The number of pyridine rings is 3. The fourth-order valence-corrected chi connectivity index (χ4v) is 6.67. The third-order valence-electron chi connectivity index (χ3n) is 9.01. The largest absolute Gasteiger partial charge is 0.457 e. The van der Waals surface area contributed by atoms with Crippen LogP contribution in [0.3, 0.4) is 0 Å². The second-order valence-corrected chi connectivity index (χ2v) is 13.1. The fourth-order valence-electron chi connectivity index (χ4n) is 6.67. The molecule has 6 nitrogen and oxygen atoms in total. The second-order valence-electron chi connectivity index (χ2n) is 13.1. The molecule has 4 aromatic carbocycles. The quantitative estimate of drug-likeness (QED) is 0.186. The van der Waals surface area contributed by atoms with Gasteiger partial charge in [0.15, 0.2) is 0 Å². The maximum Gasteiger partial charge on any atom is 0.146 e. The van der Waals surface area contributed by atoms with Gasteiger partial charge in [-0.3, -0.25) is 14.0 Å². The molecule has 0 N–H and O–H groups in total. The minimum absolute atomic E-state index is 0.0208. The maximum absolute atomic E-state index is 6.59. The topological polar surface area (TPSA) is 57.2 Å². The van der Waals surface area contributed by atoms with Crippen molar-refractivity contribution in [3.8, 4) is 28.4 Å². The molecule has 5 aromatic heterocycles. The van der Waals surface area contributed by atoms with Gasteiger partial charge in [-0.25, -0.2) is 9.97 Å². The predicted octanol–water partition coefficient (Wildman–Crippen LogP) is 10.3. The summed E-state index contributed by atoms with van der Waals surface area (Å²) in [5, 5.41) is 4.32. The Morgan fingerprint density at radius 2 is 1.40 bits per heavy atom. The average Bonchev–Trinajstić information content (AvgIpc) is 3.69. The Bertz CT molecular complexity index is 2640. The van der Waals surface area contributed by atoms with Gasteiger partial charge in [-0.2, -0.15) is 0 Å². The first-order valence-electron chi connectivity index (χ1n) is 15.9. The maximum atomic E-state index is 6.59. The Morgan fingerprint density at radius 3 is 2.28 bits per heavy atom. The summed E-state index contributed by atoms with van der Waals surface area (Å²) in [4.78, 5) is 14.7. The Labute approximate surface area is 271 Å². The van der Waals surface area contributed by atoms with Crippen LogP contribution in [0.2, 0.25) is 0 Å². The lowest BCUT2D eigenvalue weighted by Crippen LogP contribution is -2.10. The Balaban J connectivity index is 1.18. The van der Waals surface area contributed by atoms with Crippen molar-refractivity contribution in [1.82, 2.24) is 23.9 Å². The van der Waals surface area contributed by atoms with Crippen LogP contribution in [0.25, 0.3) is 66.3 Å². The van der Waals surface area contributed by atoms with Gasteiger partial charge in [-0.05, 0) is 71.6 Å². The molecule has 0 fully saturated rings. The van der Waals surface area contributed by atoms with Gasteiger partial charge in [-0.15, -0.1) is 0 Å². The van der Waals surface area contributed by atoms with Crippen molar-refractivity contribution in [2.45, 2.75) is 26.2 Å². The molecule has 9 aromatic rings. The van der Waals surface area contributed by atoms with Crippen molar-refractivity contribution < 1.29 is 4.74 Å². The second kappa shape index (κ2) is 10.3. The van der Waals surface area contributed by atoms with Crippen molar-refractivity contribution in [3.05, 3.63) is 139 Å². The molecule has 0 bridgehead atoms. The lowest BCUT2D eigenvalue weighted by Gasteiger charge is -2.19. The van der Waals surface area contributed by atoms with Crippen LogP contribution in [0, 0.1) is 0 Å². The molecule has 6 heteroatoms. The number of hydrogen-bond donors (Lipinski definition) is 0. The van der Waals surface area contributed by atoms with Gasteiger partial charge in [0.2, 0.25) is 0 Å². The number of fused-ring (bicyclic) bond motifs is 9. The minimum atomic E-state index is 0.0208. The highest BCUT2D eigenvalue weighted by atomic mass is 16.5. The number of nitrogens with zero attached hydrogens (tertiary/aromatic N) is 5. The summed E-state index contributed by atoms with van der Waals surface area (Å²) in [6.45, 7) is 6.74. The third kappa shape index (κ3) is 4.44. The number of aromatic nitrogens is 5. The highest BCUT2D eigenvalue weighted by Crippen LogP contribution is 2.37. The van der Waals surface area contributed by atoms with Crippen molar-refractivity contribution in [2.75, 3.05) is 0 Å². The normalized spacial score (nSPS) is 12.1. The van der Waals surface area contributed by atoms with E-state index >= 15 is 0 Å². The molecule has 0 saturated carbocycles. The first kappa shape index (κ1) is 27.3. The summed E-state index contributed by atoms with van der Waals surface area (Å²) in [5.74, 6) is 1.47. The first-order valence-corrected chi connectivity index (χ1v) is 15.9. The van der Waals surface area contributed by atoms with E-state index in [1.165, 1.54) is 10.9 Å². The number of ether oxygens (including phenoxy) is 1. The number of rotatable bonds is 4. The molecular weight excluding hydrogens is 578 g/mol. The molecule has 0 spiro atoms. The van der Waals surface area contributed by atoms with Crippen molar-refractivity contribution in [1.29, 1.82) is 0 Å². The summed E-state index contributed by atoms with van der Waals surface area (Å²) >= 11 is 0. The van der Waals surface area contributed by atoms with E-state index in [0.29, 0.717) is 0 Å². The monoisotopic (exact) mass is 609 g/mol. The number of hydrogen-bond acceptors (Lipinski definition) is 4. The van der Waals surface area contributed by atoms with E-state index in [-0.39, 0.29) is 5.41 Å². The molecule has 0 atom stereocenters. The molecule has 226 valence electrons. The summed E-state index contributed by atoms with van der Waals surface area (Å²) in [6, 6.07) is 39.6. The molecule has 0 radical (unpaired) electrons. The van der Waals surface area contributed by atoms with Gasteiger partial charge in [-0.1, -0.05) is 69.3 Å². The van der Waals surface area contributed by atoms with Gasteiger partial charge < -0.3 is 4.74 Å². The van der Waals surface area contributed by atoms with Crippen molar-refractivity contribution >= 4 is 49.4 Å². The first-order chi connectivity index (χ1) is 22.9. The summed E-state index contributed by atoms with van der Waals surface area (Å²) in [5.41, 5.74) is 9.13. The van der Waals surface area contributed by atoms with Crippen molar-refractivity contribution in [3.63, 3.8) is 0 Å². The molecule has 0 amide bonds. The van der Waals surface area contributed by atoms with E-state index in [9.17, 15) is 0 Å². The molecule has 0 unspecified atom stereocenters. The van der Waals surface area contributed by atoms with E-state index in [2.05, 4.69) is 103 Å². The molecule has 0 aliphatic heterocycles. The summed E-state index contributed by atoms with van der Waals surface area (Å²) in [7, 11) is 0. The fraction of sp³-hybridized carbons (Fsp3) is 0.0976. The van der Waals surface area contributed by atoms with Crippen molar-refractivity contribution in [2.24, 2.45) is 0 Å². The van der Waals surface area contributed by atoms with E-state index in [4.69, 9.17) is 19.7 Å². The smallest absolute Gasteiger partial charge is 0.146 e. The van der Waals surface area contributed by atoms with Crippen LogP contribution in [-0.2, 0) is 5.41 Å². The van der Waals surface area contributed by atoms with Crippen LogP contribution in [0.15, 0.2) is 134 Å². The van der Waals surface area contributed by atoms with Gasteiger partial charge in [0.1, 0.15) is 22.8 Å². The zero-order valence-corrected chi connectivity index (χ0v) is 26.3. The van der Waals surface area contributed by atoms with E-state index in [1.54, 1.807) is 0 Å². The third-order valence-corrected chi connectivity index (χ3v) is 9.01. The Hall–Kier alpha value is -6.01.